The highest BCUT2D eigenvalue weighted by Gasteiger charge is 2.32. The van der Waals surface area contributed by atoms with E-state index >= 15 is 0 Å². The van der Waals surface area contributed by atoms with Crippen molar-refractivity contribution < 1.29 is 36.2 Å². The van der Waals surface area contributed by atoms with Crippen LogP contribution in [0.3, 0.4) is 0 Å². The molecule has 12 heteroatoms. The number of aromatic hydroxyl groups is 1. The molecule has 30 heavy (non-hydrogen) atoms. The lowest BCUT2D eigenvalue weighted by atomic mass is 10.2. The maximum atomic E-state index is 12.9. The monoisotopic (exact) mass is 445 g/mol. The van der Waals surface area contributed by atoms with Gasteiger partial charge in [0.05, 0.1) is 30.8 Å². The fraction of sp³-hybridized carbons (Fsp3) is 0.222. The third-order valence-corrected chi connectivity index (χ3v) is 4.93. The molecular weight excluding hydrogens is 427 g/mol. The number of ether oxygens (including phenoxy) is 1. The summed E-state index contributed by atoms with van der Waals surface area (Å²) in [6, 6.07) is 8.16. The number of anilines is 1. The number of nitrogens with one attached hydrogen (secondary N) is 1. The topological polar surface area (TPSA) is 108 Å². The van der Waals surface area contributed by atoms with Crippen LogP contribution in [0.15, 0.2) is 47.6 Å². The third-order valence-electron chi connectivity index (χ3n) is 3.79. The van der Waals surface area contributed by atoms with Gasteiger partial charge in [0, 0.05) is 5.56 Å². The van der Waals surface area contributed by atoms with Crippen LogP contribution in [0, 0.1) is 0 Å². The SMILES string of the molecule is COc1cccc(/C=N\NC(=O)CN(c2cccc(C(F)(F)F)c2)S(C)(=O)=O)c1O. The molecule has 0 spiro atoms. The van der Waals surface area contributed by atoms with E-state index in [0.29, 0.717) is 10.4 Å². The molecule has 8 nitrogen and oxygen atoms in total. The quantitative estimate of drug-likeness (QED) is 0.502. The number of hydrazone groups is 1. The van der Waals surface area contributed by atoms with E-state index in [1.807, 2.05) is 0 Å². The number of sulfonamides is 1. The van der Waals surface area contributed by atoms with E-state index in [0.717, 1.165) is 30.7 Å². The van der Waals surface area contributed by atoms with Gasteiger partial charge in [0.2, 0.25) is 10.0 Å². The average molecular weight is 445 g/mol. The number of benzene rings is 2. The standard InChI is InChI=1S/C18H18F3N3O5S/c1-29-15-8-3-5-12(17(15)26)10-22-23-16(25)11-24(30(2,27)28)14-7-4-6-13(9-14)18(19,20)21/h3-10,26H,11H2,1-2H3,(H,23,25)/b22-10-. The van der Waals surface area contributed by atoms with Gasteiger partial charge in [-0.05, 0) is 30.3 Å². The Morgan fingerprint density at radius 1 is 1.27 bits per heavy atom. The summed E-state index contributed by atoms with van der Waals surface area (Å²) in [5.74, 6) is -0.950. The highest BCUT2D eigenvalue weighted by atomic mass is 32.2. The minimum atomic E-state index is -4.68. The molecule has 2 aromatic rings. The summed E-state index contributed by atoms with van der Waals surface area (Å²) >= 11 is 0. The van der Waals surface area contributed by atoms with Crippen molar-refractivity contribution in [1.82, 2.24) is 5.43 Å². The molecule has 2 rings (SSSR count). The van der Waals surface area contributed by atoms with E-state index in [1.54, 1.807) is 6.07 Å². The number of amides is 1. The number of phenols is 1. The predicted molar refractivity (Wildman–Crippen MR) is 104 cm³/mol. The molecule has 162 valence electrons. The van der Waals surface area contributed by atoms with Gasteiger partial charge in [-0.3, -0.25) is 9.10 Å². The van der Waals surface area contributed by atoms with Gasteiger partial charge in [-0.15, -0.1) is 0 Å². The first-order valence-electron chi connectivity index (χ1n) is 8.26. The lowest BCUT2D eigenvalue weighted by Crippen LogP contribution is -2.39. The zero-order chi connectivity index (χ0) is 22.5. The molecule has 0 unspecified atom stereocenters. The maximum absolute atomic E-state index is 12.9. The highest BCUT2D eigenvalue weighted by Crippen LogP contribution is 2.32. The van der Waals surface area contributed by atoms with Crippen LogP contribution in [0.2, 0.25) is 0 Å². The fourth-order valence-electron chi connectivity index (χ4n) is 2.39. The number of phenolic OH excluding ortho intramolecular Hbond substituents is 1. The van der Waals surface area contributed by atoms with Crippen LogP contribution in [0.5, 0.6) is 11.5 Å². The summed E-state index contributed by atoms with van der Waals surface area (Å²) in [5, 5.41) is 13.6. The number of hydrogen-bond acceptors (Lipinski definition) is 6. The first kappa shape index (κ1) is 23.0. The van der Waals surface area contributed by atoms with Gasteiger partial charge in [0.15, 0.2) is 11.5 Å². The van der Waals surface area contributed by atoms with Crippen LogP contribution >= 0.6 is 0 Å². The molecule has 1 amide bonds. The van der Waals surface area contributed by atoms with E-state index in [9.17, 15) is 31.5 Å². The number of carbonyl (C=O) groups excluding carboxylic acids is 1. The van der Waals surface area contributed by atoms with Crippen LogP contribution in [0.25, 0.3) is 0 Å². The van der Waals surface area contributed by atoms with Crippen LogP contribution in [-0.2, 0) is 21.0 Å². The minimum Gasteiger partial charge on any atom is -0.504 e. The Bertz CT molecular complexity index is 1060. The number of carbonyl (C=O) groups is 1. The van der Waals surface area contributed by atoms with Gasteiger partial charge < -0.3 is 9.84 Å². The van der Waals surface area contributed by atoms with Crippen molar-refractivity contribution >= 4 is 27.8 Å². The molecule has 0 heterocycles. The van der Waals surface area contributed by atoms with E-state index in [2.05, 4.69) is 10.5 Å². The summed E-state index contributed by atoms with van der Waals surface area (Å²) < 4.78 is 68.2. The first-order chi connectivity index (χ1) is 13.9. The Kier molecular flexibility index (Phi) is 6.92. The van der Waals surface area contributed by atoms with E-state index in [-0.39, 0.29) is 22.7 Å². The van der Waals surface area contributed by atoms with Gasteiger partial charge in [0.25, 0.3) is 5.91 Å². The lowest BCUT2D eigenvalue weighted by molar-refractivity contribution is -0.137. The van der Waals surface area contributed by atoms with Crippen molar-refractivity contribution in [2.45, 2.75) is 6.18 Å². The zero-order valence-corrected chi connectivity index (χ0v) is 16.7. The van der Waals surface area contributed by atoms with Gasteiger partial charge >= 0.3 is 6.18 Å². The summed E-state index contributed by atoms with van der Waals surface area (Å²) in [5.41, 5.74) is 0.901. The zero-order valence-electron chi connectivity index (χ0n) is 15.8. The number of hydrogen-bond donors (Lipinski definition) is 2. The van der Waals surface area contributed by atoms with Crippen molar-refractivity contribution in [2.24, 2.45) is 5.10 Å². The highest BCUT2D eigenvalue weighted by molar-refractivity contribution is 7.92. The van der Waals surface area contributed by atoms with Crippen molar-refractivity contribution in [1.29, 1.82) is 0 Å². The van der Waals surface area contributed by atoms with Crippen LogP contribution in [0.4, 0.5) is 18.9 Å². The maximum Gasteiger partial charge on any atom is 0.416 e. The molecule has 2 aromatic carbocycles. The normalized spacial score (nSPS) is 12.0. The number of rotatable bonds is 7. The smallest absolute Gasteiger partial charge is 0.416 e. The number of para-hydroxylation sites is 1. The molecule has 0 radical (unpaired) electrons. The molecule has 0 aliphatic heterocycles. The average Bonchev–Trinajstić information content (AvgIpc) is 2.66. The summed E-state index contributed by atoms with van der Waals surface area (Å²) in [6.07, 6.45) is -2.81. The Hall–Kier alpha value is -3.28. The van der Waals surface area contributed by atoms with Crippen LogP contribution in [0.1, 0.15) is 11.1 Å². The second-order valence-electron chi connectivity index (χ2n) is 6.01. The number of alkyl halides is 3. The summed E-state index contributed by atoms with van der Waals surface area (Å²) in [6.45, 7) is -0.804. The Labute approximate surface area is 170 Å². The Morgan fingerprint density at radius 3 is 2.53 bits per heavy atom. The molecule has 0 fully saturated rings. The summed E-state index contributed by atoms with van der Waals surface area (Å²) in [4.78, 5) is 12.1. The second-order valence-corrected chi connectivity index (χ2v) is 7.92. The Balaban J connectivity index is 2.18. The Morgan fingerprint density at radius 2 is 1.93 bits per heavy atom. The number of nitrogens with zero attached hydrogens (tertiary/aromatic N) is 2. The summed E-state index contributed by atoms with van der Waals surface area (Å²) in [7, 11) is -2.72. The molecule has 0 saturated carbocycles. The lowest BCUT2D eigenvalue weighted by Gasteiger charge is -2.22. The molecule has 0 aromatic heterocycles. The molecule has 0 bridgehead atoms. The number of methoxy groups -OCH3 is 1. The predicted octanol–water partition coefficient (Wildman–Crippen LogP) is 2.34. The van der Waals surface area contributed by atoms with Gasteiger partial charge in [-0.25, -0.2) is 13.8 Å². The van der Waals surface area contributed by atoms with Crippen molar-refractivity contribution in [3.63, 3.8) is 0 Å². The van der Waals surface area contributed by atoms with Crippen molar-refractivity contribution in [3.8, 4) is 11.5 Å². The largest absolute Gasteiger partial charge is 0.504 e. The van der Waals surface area contributed by atoms with Crippen molar-refractivity contribution in [3.05, 3.63) is 53.6 Å². The van der Waals surface area contributed by atoms with Crippen molar-refractivity contribution in [2.75, 3.05) is 24.2 Å². The van der Waals surface area contributed by atoms with Gasteiger partial charge in [0.1, 0.15) is 6.54 Å². The molecular formula is C18H18F3N3O5S. The van der Waals surface area contributed by atoms with E-state index < -0.39 is 34.2 Å². The van der Waals surface area contributed by atoms with E-state index in [1.165, 1.54) is 19.2 Å². The molecule has 0 aliphatic carbocycles. The second kappa shape index (κ2) is 9.03. The molecule has 0 saturated heterocycles. The fourth-order valence-corrected chi connectivity index (χ4v) is 3.23. The van der Waals surface area contributed by atoms with Crippen LogP contribution < -0.4 is 14.5 Å². The molecule has 0 atom stereocenters. The van der Waals surface area contributed by atoms with Gasteiger partial charge in [-0.2, -0.15) is 18.3 Å². The third kappa shape index (κ3) is 5.86. The molecule has 0 aliphatic rings. The molecule has 2 N–H and O–H groups in total. The first-order valence-corrected chi connectivity index (χ1v) is 10.1. The minimum absolute atomic E-state index is 0.179. The van der Waals surface area contributed by atoms with Gasteiger partial charge in [-0.1, -0.05) is 12.1 Å². The van der Waals surface area contributed by atoms with E-state index in [4.69, 9.17) is 4.74 Å². The van der Waals surface area contributed by atoms with Crippen LogP contribution in [-0.4, -0.2) is 45.6 Å². The number of halogens is 3.